The van der Waals surface area contributed by atoms with Crippen LogP contribution in [0.4, 0.5) is 0 Å². The second kappa shape index (κ2) is 7.86. The summed E-state index contributed by atoms with van der Waals surface area (Å²) in [5, 5.41) is 5.41. The average Bonchev–Trinajstić information content (AvgIpc) is 2.25. The van der Waals surface area contributed by atoms with Gasteiger partial charge in [-0.1, -0.05) is 50.8 Å². The monoisotopic (exact) mass is 225 g/mol. The van der Waals surface area contributed by atoms with Crippen molar-refractivity contribution in [1.82, 2.24) is 5.32 Å². The van der Waals surface area contributed by atoms with Gasteiger partial charge in [0.2, 0.25) is 0 Å². The molecule has 15 heavy (non-hydrogen) atoms. The van der Waals surface area contributed by atoms with Crippen molar-refractivity contribution < 1.29 is 0 Å². The van der Waals surface area contributed by atoms with E-state index < -0.39 is 0 Å². The molecule has 1 heterocycles. The smallest absolute Gasteiger partial charge is 0.0215 e. The Balaban J connectivity index is 2.04. The Kier molecular flexibility index (Phi) is 6.66. The summed E-state index contributed by atoms with van der Waals surface area (Å²) >= 11 is 1.88. The molecule has 0 amide bonds. The van der Waals surface area contributed by atoms with E-state index in [1.165, 1.54) is 55.5 Å². The van der Waals surface area contributed by atoms with Crippen LogP contribution in [-0.4, -0.2) is 0 Å². The van der Waals surface area contributed by atoms with Crippen molar-refractivity contribution in [2.45, 2.75) is 58.8 Å². The highest BCUT2D eigenvalue weighted by Crippen LogP contribution is 2.28. The van der Waals surface area contributed by atoms with Crippen molar-refractivity contribution in [3.8, 4) is 0 Å². The molecule has 1 aliphatic rings. The van der Waals surface area contributed by atoms with Gasteiger partial charge in [-0.05, 0) is 25.2 Å². The summed E-state index contributed by atoms with van der Waals surface area (Å²) in [4.78, 5) is 1.52. The molecule has 0 radical (unpaired) electrons. The summed E-state index contributed by atoms with van der Waals surface area (Å²) in [7, 11) is 0. The molecule has 0 unspecified atom stereocenters. The molecular weight excluding hydrogens is 202 g/mol. The molecule has 0 saturated carbocycles. The molecule has 86 valence electrons. The van der Waals surface area contributed by atoms with Crippen molar-refractivity contribution in [2.24, 2.45) is 0 Å². The van der Waals surface area contributed by atoms with E-state index in [1.54, 1.807) is 0 Å². The minimum absolute atomic E-state index is 1.25. The lowest BCUT2D eigenvalue weighted by Gasteiger charge is -2.13. The first-order valence-electron chi connectivity index (χ1n) is 6.12. The molecule has 0 atom stereocenters. The zero-order valence-electron chi connectivity index (χ0n) is 10.0. The largest absolute Gasteiger partial charge is 0.364 e. The summed E-state index contributed by atoms with van der Waals surface area (Å²) in [6, 6.07) is 0. The highest BCUT2D eigenvalue weighted by Gasteiger charge is 2.04. The van der Waals surface area contributed by atoms with Gasteiger partial charge in [0.25, 0.3) is 0 Å². The Bertz CT molecular complexity index is 231. The topological polar surface area (TPSA) is 12.0 Å². The van der Waals surface area contributed by atoms with Crippen LogP contribution >= 0.6 is 11.8 Å². The van der Waals surface area contributed by atoms with Gasteiger partial charge >= 0.3 is 0 Å². The maximum Gasteiger partial charge on any atom is 0.0215 e. The lowest BCUT2D eigenvalue weighted by Crippen LogP contribution is -2.06. The highest BCUT2D eigenvalue weighted by atomic mass is 32.2. The molecule has 0 aromatic heterocycles. The molecule has 0 fully saturated rings. The standard InChI is InChI=1S/C13H23NS/c1-3-4-5-6-7-8-9-13-12(2)14-10-11-15-13/h10-11,14H,3-9H2,1-2H3. The van der Waals surface area contributed by atoms with Crippen LogP contribution in [0.15, 0.2) is 22.2 Å². The third-order valence-electron chi connectivity index (χ3n) is 2.75. The van der Waals surface area contributed by atoms with E-state index in [0.29, 0.717) is 0 Å². The summed E-state index contributed by atoms with van der Waals surface area (Å²) in [5.41, 5.74) is 1.34. The fourth-order valence-corrected chi connectivity index (χ4v) is 2.55. The molecule has 1 N–H and O–H groups in total. The molecule has 1 aliphatic heterocycles. The third kappa shape index (κ3) is 5.31. The van der Waals surface area contributed by atoms with Crippen LogP contribution < -0.4 is 5.32 Å². The van der Waals surface area contributed by atoms with Gasteiger partial charge in [0, 0.05) is 16.8 Å². The van der Waals surface area contributed by atoms with Gasteiger partial charge < -0.3 is 5.32 Å². The van der Waals surface area contributed by atoms with Crippen molar-refractivity contribution in [1.29, 1.82) is 0 Å². The lowest BCUT2D eigenvalue weighted by molar-refractivity contribution is 0.609. The first kappa shape index (κ1) is 12.7. The van der Waals surface area contributed by atoms with Crippen LogP contribution in [0.2, 0.25) is 0 Å². The van der Waals surface area contributed by atoms with Gasteiger partial charge in [0.05, 0.1) is 0 Å². The number of rotatable bonds is 7. The quantitative estimate of drug-likeness (QED) is 0.626. The first-order chi connectivity index (χ1) is 7.34. The highest BCUT2D eigenvalue weighted by molar-refractivity contribution is 8.05. The molecule has 0 aromatic carbocycles. The van der Waals surface area contributed by atoms with E-state index >= 15 is 0 Å². The van der Waals surface area contributed by atoms with E-state index in [4.69, 9.17) is 0 Å². The van der Waals surface area contributed by atoms with E-state index in [-0.39, 0.29) is 0 Å². The first-order valence-corrected chi connectivity index (χ1v) is 7.00. The SMILES string of the molecule is CCCCCCCCC1=C(C)NC=CS1. The summed E-state index contributed by atoms with van der Waals surface area (Å²) in [6.45, 7) is 4.44. The minimum Gasteiger partial charge on any atom is -0.364 e. The molecular formula is C13H23NS. The Labute approximate surface area is 98.4 Å². The molecule has 0 saturated heterocycles. The number of allylic oxidation sites excluding steroid dienone is 2. The predicted octanol–water partition coefficient (Wildman–Crippen LogP) is 4.78. The van der Waals surface area contributed by atoms with E-state index in [2.05, 4.69) is 24.6 Å². The maximum absolute atomic E-state index is 3.27. The van der Waals surface area contributed by atoms with Gasteiger partial charge in [-0.25, -0.2) is 0 Å². The van der Waals surface area contributed by atoms with Gasteiger partial charge in [-0.15, -0.1) is 0 Å². The van der Waals surface area contributed by atoms with Crippen LogP contribution in [0.25, 0.3) is 0 Å². The Morgan fingerprint density at radius 3 is 2.60 bits per heavy atom. The number of thioether (sulfide) groups is 1. The van der Waals surface area contributed by atoms with E-state index in [0.717, 1.165) is 0 Å². The van der Waals surface area contributed by atoms with Gasteiger partial charge in [0.15, 0.2) is 0 Å². The fraction of sp³-hybridized carbons (Fsp3) is 0.692. The second-order valence-corrected chi connectivity index (χ2v) is 5.13. The molecule has 2 heteroatoms. The van der Waals surface area contributed by atoms with Crippen molar-refractivity contribution in [3.63, 3.8) is 0 Å². The Morgan fingerprint density at radius 1 is 1.13 bits per heavy atom. The van der Waals surface area contributed by atoms with Gasteiger partial charge in [0.1, 0.15) is 0 Å². The second-order valence-electron chi connectivity index (χ2n) is 4.13. The molecule has 0 bridgehead atoms. The zero-order chi connectivity index (χ0) is 10.9. The van der Waals surface area contributed by atoms with E-state index in [1.807, 2.05) is 18.0 Å². The summed E-state index contributed by atoms with van der Waals surface area (Å²) < 4.78 is 0. The van der Waals surface area contributed by atoms with Crippen LogP contribution in [0.1, 0.15) is 58.8 Å². The number of nitrogens with one attached hydrogen (secondary N) is 1. The normalized spacial score (nSPS) is 15.6. The number of hydrogen-bond acceptors (Lipinski definition) is 2. The van der Waals surface area contributed by atoms with Gasteiger partial charge in [-0.3, -0.25) is 0 Å². The molecule has 0 spiro atoms. The number of unbranched alkanes of at least 4 members (excludes halogenated alkanes) is 5. The fourth-order valence-electron chi connectivity index (χ4n) is 1.76. The molecule has 1 nitrogen and oxygen atoms in total. The summed E-state index contributed by atoms with van der Waals surface area (Å²) in [5.74, 6) is 0. The molecule has 0 aliphatic carbocycles. The molecule has 0 aromatic rings. The van der Waals surface area contributed by atoms with Crippen LogP contribution in [0.5, 0.6) is 0 Å². The zero-order valence-corrected chi connectivity index (χ0v) is 10.8. The van der Waals surface area contributed by atoms with Crippen molar-refractivity contribution >= 4 is 11.8 Å². The van der Waals surface area contributed by atoms with Crippen molar-refractivity contribution in [2.75, 3.05) is 0 Å². The van der Waals surface area contributed by atoms with Crippen LogP contribution in [0.3, 0.4) is 0 Å². The lowest BCUT2D eigenvalue weighted by atomic mass is 10.1. The van der Waals surface area contributed by atoms with Crippen molar-refractivity contribution in [3.05, 3.63) is 22.2 Å². The minimum atomic E-state index is 1.25. The van der Waals surface area contributed by atoms with Gasteiger partial charge in [-0.2, -0.15) is 0 Å². The Morgan fingerprint density at radius 2 is 1.87 bits per heavy atom. The van der Waals surface area contributed by atoms with Crippen LogP contribution in [-0.2, 0) is 0 Å². The predicted molar refractivity (Wildman–Crippen MR) is 70.6 cm³/mol. The summed E-state index contributed by atoms with van der Waals surface area (Å²) in [6.07, 6.45) is 11.6. The van der Waals surface area contributed by atoms with Crippen LogP contribution in [0, 0.1) is 0 Å². The third-order valence-corrected chi connectivity index (χ3v) is 3.82. The van der Waals surface area contributed by atoms with E-state index in [9.17, 15) is 0 Å². The Hall–Kier alpha value is -0.370. The number of hydrogen-bond donors (Lipinski definition) is 1. The average molecular weight is 225 g/mol. The maximum atomic E-state index is 3.27. The molecule has 1 rings (SSSR count).